The second-order valence-electron chi connectivity index (χ2n) is 11.5. The molecule has 2 fully saturated rings. The van der Waals surface area contributed by atoms with Crippen LogP contribution in [0.3, 0.4) is 0 Å². The van der Waals surface area contributed by atoms with E-state index in [4.69, 9.17) is 27.4 Å². The number of carbonyl (C=O) groups excluding carboxylic acids is 1. The largest absolute Gasteiger partial charge is 0.481 e. The molecule has 3 aromatic rings. The van der Waals surface area contributed by atoms with Crippen molar-refractivity contribution in [3.8, 4) is 0 Å². The molecule has 1 aliphatic carbocycles. The summed E-state index contributed by atoms with van der Waals surface area (Å²) in [7, 11) is -4.03. The summed E-state index contributed by atoms with van der Waals surface area (Å²) in [4.78, 5) is 32.1. The molecule has 1 aromatic heterocycles. The van der Waals surface area contributed by atoms with Crippen molar-refractivity contribution in [1.29, 1.82) is 0 Å². The van der Waals surface area contributed by atoms with Crippen LogP contribution in [0.2, 0.25) is 10.0 Å². The van der Waals surface area contributed by atoms with E-state index in [-0.39, 0.29) is 48.4 Å². The highest BCUT2D eigenvalue weighted by molar-refractivity contribution is 7.86. The van der Waals surface area contributed by atoms with Crippen molar-refractivity contribution in [3.63, 3.8) is 0 Å². The molecule has 43 heavy (non-hydrogen) atoms. The van der Waals surface area contributed by atoms with Crippen molar-refractivity contribution < 1.29 is 27.3 Å². The first-order chi connectivity index (χ1) is 20.5. The smallest absolute Gasteiger partial charge is 0.304 e. The number of amides is 1. The van der Waals surface area contributed by atoms with E-state index in [9.17, 15) is 23.1 Å². The highest BCUT2D eigenvalue weighted by Gasteiger charge is 2.54. The maximum Gasteiger partial charge on any atom is 0.304 e. The third-order valence-electron chi connectivity index (χ3n) is 8.25. The average Bonchev–Trinajstić information content (AvgIpc) is 3.81. The van der Waals surface area contributed by atoms with Gasteiger partial charge in [0.1, 0.15) is 11.6 Å². The number of hydrogen-bond acceptors (Lipinski definition) is 7. The Balaban J connectivity index is 1.50. The number of rotatable bonds is 12. The van der Waals surface area contributed by atoms with Crippen LogP contribution in [0.5, 0.6) is 0 Å². The summed E-state index contributed by atoms with van der Waals surface area (Å²) in [5.74, 6) is -1.44. The van der Waals surface area contributed by atoms with Crippen LogP contribution in [0.1, 0.15) is 55.7 Å². The van der Waals surface area contributed by atoms with Gasteiger partial charge >= 0.3 is 5.97 Å². The minimum Gasteiger partial charge on any atom is -0.481 e. The van der Waals surface area contributed by atoms with Crippen LogP contribution in [0.15, 0.2) is 78.0 Å². The van der Waals surface area contributed by atoms with Gasteiger partial charge in [0.2, 0.25) is 5.91 Å². The molecule has 12 heteroatoms. The molecule has 228 valence electrons. The van der Waals surface area contributed by atoms with Gasteiger partial charge in [-0.05, 0) is 72.7 Å². The molecule has 1 saturated heterocycles. The zero-order chi connectivity index (χ0) is 30.8. The van der Waals surface area contributed by atoms with Crippen LogP contribution < -0.4 is 5.32 Å². The molecule has 2 aliphatic rings. The number of hydrogen-bond donors (Lipinski definition) is 2. The molecule has 2 N–H and O–H groups in total. The first-order valence-corrected chi connectivity index (χ1v) is 16.2. The number of halogens is 2. The van der Waals surface area contributed by atoms with E-state index in [1.54, 1.807) is 25.1 Å². The van der Waals surface area contributed by atoms with E-state index in [1.165, 1.54) is 24.5 Å². The summed E-state index contributed by atoms with van der Waals surface area (Å²) < 4.78 is 30.4. The van der Waals surface area contributed by atoms with Crippen LogP contribution in [-0.2, 0) is 23.9 Å². The van der Waals surface area contributed by atoms with Gasteiger partial charge in [-0.25, -0.2) is 0 Å². The number of carbonyl (C=O) groups is 2. The highest BCUT2D eigenvalue weighted by atomic mass is 35.5. The average molecular weight is 647 g/mol. The molecule has 9 nitrogen and oxygen atoms in total. The zero-order valence-corrected chi connectivity index (χ0v) is 25.9. The van der Waals surface area contributed by atoms with Crippen molar-refractivity contribution in [3.05, 3.63) is 94.2 Å². The minimum atomic E-state index is -4.03. The van der Waals surface area contributed by atoms with E-state index in [0.29, 0.717) is 16.5 Å². The Morgan fingerprint density at radius 2 is 1.86 bits per heavy atom. The SMILES string of the molecule is CC1(CC(=O)O)CC(c2cccc(Cl)c2)C(c2ccc(Cl)cc2)N(C(CNCOS(=O)(=O)c2cccnc2)C2CC2)C1=O. The minimum absolute atomic E-state index is 0.0571. The lowest BCUT2D eigenvalue weighted by atomic mass is 9.67. The number of benzene rings is 2. The maximum absolute atomic E-state index is 14.5. The second-order valence-corrected chi connectivity index (χ2v) is 14.0. The molecule has 1 aliphatic heterocycles. The molecule has 0 radical (unpaired) electrons. The summed E-state index contributed by atoms with van der Waals surface area (Å²) in [5.41, 5.74) is 0.575. The number of nitrogens with one attached hydrogen (secondary N) is 1. The Bertz CT molecular complexity index is 1570. The summed E-state index contributed by atoms with van der Waals surface area (Å²) in [6.45, 7) is 1.65. The van der Waals surface area contributed by atoms with Gasteiger partial charge in [0.05, 0.1) is 17.9 Å². The lowest BCUT2D eigenvalue weighted by molar-refractivity contribution is -0.161. The Hall–Kier alpha value is -3.02. The number of carboxylic acid groups (broad SMARTS) is 1. The number of piperidine rings is 1. The van der Waals surface area contributed by atoms with E-state index in [1.807, 2.05) is 35.2 Å². The molecule has 2 heterocycles. The number of aromatic nitrogens is 1. The van der Waals surface area contributed by atoms with Crippen LogP contribution >= 0.6 is 23.2 Å². The second kappa shape index (κ2) is 12.9. The normalized spacial score (nSPS) is 23.2. The van der Waals surface area contributed by atoms with Gasteiger partial charge in [0.25, 0.3) is 10.1 Å². The van der Waals surface area contributed by atoms with Gasteiger partial charge in [-0.2, -0.15) is 8.42 Å². The summed E-state index contributed by atoms with van der Waals surface area (Å²) in [6, 6.07) is 16.9. The van der Waals surface area contributed by atoms with Crippen molar-refractivity contribution in [1.82, 2.24) is 15.2 Å². The van der Waals surface area contributed by atoms with E-state index in [0.717, 1.165) is 24.0 Å². The van der Waals surface area contributed by atoms with Gasteiger partial charge in [0, 0.05) is 40.9 Å². The van der Waals surface area contributed by atoms with Crippen LogP contribution in [0.25, 0.3) is 0 Å². The Morgan fingerprint density at radius 1 is 1.12 bits per heavy atom. The molecule has 0 spiro atoms. The number of pyridine rings is 1. The fraction of sp³-hybridized carbons (Fsp3) is 0.387. The van der Waals surface area contributed by atoms with Gasteiger partial charge in [0.15, 0.2) is 0 Å². The molecule has 1 saturated carbocycles. The third-order valence-corrected chi connectivity index (χ3v) is 9.98. The first kappa shape index (κ1) is 31.4. The lowest BCUT2D eigenvalue weighted by Crippen LogP contribution is -2.58. The lowest BCUT2D eigenvalue weighted by Gasteiger charge is -2.52. The predicted molar refractivity (Wildman–Crippen MR) is 162 cm³/mol. The molecule has 0 bridgehead atoms. The van der Waals surface area contributed by atoms with Crippen molar-refractivity contribution in [2.75, 3.05) is 13.3 Å². The molecule has 4 atom stereocenters. The summed E-state index contributed by atoms with van der Waals surface area (Å²) >= 11 is 12.7. The summed E-state index contributed by atoms with van der Waals surface area (Å²) in [5, 5.41) is 14.0. The van der Waals surface area contributed by atoms with E-state index >= 15 is 0 Å². The number of likely N-dealkylation sites (tertiary alicyclic amines) is 1. The fourth-order valence-electron chi connectivity index (χ4n) is 6.11. The molecule has 2 aromatic carbocycles. The topological polar surface area (TPSA) is 126 Å². The number of nitrogens with zero attached hydrogens (tertiary/aromatic N) is 2. The highest BCUT2D eigenvalue weighted by Crippen LogP contribution is 2.54. The third kappa shape index (κ3) is 7.21. The van der Waals surface area contributed by atoms with Gasteiger partial charge in [-0.1, -0.05) is 54.4 Å². The molecule has 5 rings (SSSR count). The zero-order valence-electron chi connectivity index (χ0n) is 23.5. The number of carboxylic acids is 1. The Kier molecular flexibility index (Phi) is 9.43. The first-order valence-electron chi connectivity index (χ1n) is 14.0. The standard InChI is InChI=1S/C31H33Cl2N3O6S/c1-31(16-28(37)38)15-26(22-4-2-5-24(33)14-22)29(21-9-11-23(32)12-10-21)36(30(31)39)27(20-7-8-20)18-35-19-42-43(40,41)25-6-3-13-34-17-25/h2-6,9-14,17,20,26-27,29,35H,7-8,15-16,18-19H2,1H3,(H,37,38). The molecular formula is C31H33Cl2N3O6S. The Labute approximate surface area is 261 Å². The maximum atomic E-state index is 14.5. The molecule has 4 unspecified atom stereocenters. The quantitative estimate of drug-likeness (QED) is 0.147. The predicted octanol–water partition coefficient (Wildman–Crippen LogP) is 5.66. The van der Waals surface area contributed by atoms with E-state index < -0.39 is 27.5 Å². The van der Waals surface area contributed by atoms with Gasteiger partial charge in [-0.3, -0.25) is 24.1 Å². The number of aliphatic carboxylic acids is 1. The van der Waals surface area contributed by atoms with Crippen molar-refractivity contribution in [2.24, 2.45) is 11.3 Å². The molecule has 1 amide bonds. The fourth-order valence-corrected chi connectivity index (χ4v) is 7.24. The van der Waals surface area contributed by atoms with Crippen molar-refractivity contribution in [2.45, 2.75) is 55.5 Å². The van der Waals surface area contributed by atoms with Crippen LogP contribution in [-0.4, -0.2) is 54.6 Å². The monoisotopic (exact) mass is 645 g/mol. The van der Waals surface area contributed by atoms with Crippen molar-refractivity contribution >= 4 is 45.2 Å². The van der Waals surface area contributed by atoms with E-state index in [2.05, 4.69) is 10.3 Å². The summed E-state index contributed by atoms with van der Waals surface area (Å²) in [6.07, 6.45) is 4.43. The van der Waals surface area contributed by atoms with Gasteiger partial charge < -0.3 is 10.0 Å². The van der Waals surface area contributed by atoms with Crippen LogP contribution in [0, 0.1) is 11.3 Å². The van der Waals surface area contributed by atoms with Crippen LogP contribution in [0.4, 0.5) is 0 Å². The molecular weight excluding hydrogens is 613 g/mol. The van der Waals surface area contributed by atoms with Gasteiger partial charge in [-0.15, -0.1) is 0 Å². The Morgan fingerprint density at radius 3 is 2.49 bits per heavy atom.